The molecule has 0 aliphatic rings. The number of hydrogen-bond acceptors (Lipinski definition) is 1. The Morgan fingerprint density at radius 3 is 2.35 bits per heavy atom. The molecule has 0 aromatic heterocycles. The molecule has 4 heteroatoms. The van der Waals surface area contributed by atoms with Gasteiger partial charge >= 0.3 is 0 Å². The third-order valence-electron chi connectivity index (χ3n) is 2.27. The second-order valence-corrected chi connectivity index (χ2v) is 4.23. The van der Waals surface area contributed by atoms with Crippen molar-refractivity contribution in [2.24, 2.45) is 0 Å². The van der Waals surface area contributed by atoms with Crippen molar-refractivity contribution in [1.29, 1.82) is 0 Å². The molecule has 2 aromatic rings. The van der Waals surface area contributed by atoms with Crippen molar-refractivity contribution in [2.75, 3.05) is 0 Å². The molecule has 1 nitrogen and oxygen atoms in total. The quantitative estimate of drug-likeness (QED) is 0.785. The van der Waals surface area contributed by atoms with Gasteiger partial charge in [0.1, 0.15) is 18.2 Å². The van der Waals surface area contributed by atoms with Gasteiger partial charge in [-0.25, -0.2) is 4.39 Å². The van der Waals surface area contributed by atoms with Crippen LogP contribution in [0.3, 0.4) is 0 Å². The van der Waals surface area contributed by atoms with Crippen LogP contribution in [-0.2, 0) is 6.61 Å². The molecule has 0 N–H and O–H groups in total. The zero-order valence-electron chi connectivity index (χ0n) is 8.79. The van der Waals surface area contributed by atoms with Crippen molar-refractivity contribution >= 4 is 23.2 Å². The molecule has 0 amide bonds. The van der Waals surface area contributed by atoms with Crippen LogP contribution in [0, 0.1) is 5.82 Å². The topological polar surface area (TPSA) is 9.23 Å². The molecule has 0 atom stereocenters. The van der Waals surface area contributed by atoms with Gasteiger partial charge in [0.15, 0.2) is 0 Å². The van der Waals surface area contributed by atoms with Gasteiger partial charge in [0, 0.05) is 5.56 Å². The number of halogens is 3. The monoisotopic (exact) mass is 270 g/mol. The zero-order valence-corrected chi connectivity index (χ0v) is 10.3. The lowest BCUT2D eigenvalue weighted by molar-refractivity contribution is 0.300. The van der Waals surface area contributed by atoms with E-state index in [0.717, 1.165) is 0 Å². The highest BCUT2D eigenvalue weighted by Crippen LogP contribution is 2.26. The van der Waals surface area contributed by atoms with E-state index in [1.165, 1.54) is 6.07 Å². The molecular formula is C13H9Cl2FO. The fraction of sp³-hybridized carbons (Fsp3) is 0.0769. The first-order valence-electron chi connectivity index (χ1n) is 4.98. The summed E-state index contributed by atoms with van der Waals surface area (Å²) in [6.45, 7) is 0.0508. The number of benzene rings is 2. The molecule has 0 saturated carbocycles. The normalized spacial score (nSPS) is 10.3. The number of hydrogen-bond donors (Lipinski definition) is 0. The van der Waals surface area contributed by atoms with Gasteiger partial charge in [0.05, 0.1) is 10.0 Å². The van der Waals surface area contributed by atoms with Gasteiger partial charge < -0.3 is 4.74 Å². The van der Waals surface area contributed by atoms with Gasteiger partial charge in [-0.1, -0.05) is 41.4 Å². The van der Waals surface area contributed by atoms with Crippen LogP contribution in [0.1, 0.15) is 5.56 Å². The molecular weight excluding hydrogens is 262 g/mol. The number of rotatable bonds is 3. The van der Waals surface area contributed by atoms with E-state index in [2.05, 4.69) is 0 Å². The van der Waals surface area contributed by atoms with Crippen LogP contribution >= 0.6 is 23.2 Å². The average molecular weight is 271 g/mol. The van der Waals surface area contributed by atoms with Crippen molar-refractivity contribution in [3.05, 3.63) is 63.9 Å². The summed E-state index contributed by atoms with van der Waals surface area (Å²) in [5, 5.41) is 0.831. The minimum atomic E-state index is -0.385. The van der Waals surface area contributed by atoms with Crippen LogP contribution < -0.4 is 4.74 Å². The largest absolute Gasteiger partial charge is 0.487 e. The Kier molecular flexibility index (Phi) is 3.87. The SMILES string of the molecule is Fc1cccc(Cl)c1COc1ccccc1Cl. The zero-order chi connectivity index (χ0) is 12.3. The molecule has 88 valence electrons. The van der Waals surface area contributed by atoms with Crippen molar-refractivity contribution in [3.63, 3.8) is 0 Å². The average Bonchev–Trinajstić information content (AvgIpc) is 2.30. The molecule has 0 unspecified atom stereocenters. The molecule has 0 saturated heterocycles. The Morgan fingerprint density at radius 1 is 0.941 bits per heavy atom. The smallest absolute Gasteiger partial charge is 0.138 e. The van der Waals surface area contributed by atoms with E-state index in [1.54, 1.807) is 36.4 Å². The molecule has 0 bridgehead atoms. The predicted molar refractivity (Wildman–Crippen MR) is 67.2 cm³/mol. The lowest BCUT2D eigenvalue weighted by atomic mass is 10.2. The second kappa shape index (κ2) is 5.39. The van der Waals surface area contributed by atoms with Crippen LogP contribution in [0.4, 0.5) is 4.39 Å². The standard InChI is InChI=1S/C13H9Cl2FO/c14-10-5-3-6-12(16)9(10)8-17-13-7-2-1-4-11(13)15/h1-7H,8H2. The Morgan fingerprint density at radius 2 is 1.65 bits per heavy atom. The van der Waals surface area contributed by atoms with E-state index in [0.29, 0.717) is 21.4 Å². The van der Waals surface area contributed by atoms with Gasteiger partial charge in [0.2, 0.25) is 0 Å². The van der Waals surface area contributed by atoms with E-state index < -0.39 is 0 Å². The van der Waals surface area contributed by atoms with Crippen molar-refractivity contribution in [1.82, 2.24) is 0 Å². The van der Waals surface area contributed by atoms with Crippen LogP contribution in [0.5, 0.6) is 5.75 Å². The molecule has 0 aliphatic carbocycles. The van der Waals surface area contributed by atoms with E-state index >= 15 is 0 Å². The molecule has 0 aliphatic heterocycles. The molecule has 0 heterocycles. The fourth-order valence-electron chi connectivity index (χ4n) is 1.38. The first kappa shape index (κ1) is 12.2. The maximum Gasteiger partial charge on any atom is 0.138 e. The van der Waals surface area contributed by atoms with E-state index in [-0.39, 0.29) is 12.4 Å². The van der Waals surface area contributed by atoms with Crippen molar-refractivity contribution < 1.29 is 9.13 Å². The van der Waals surface area contributed by atoms with Gasteiger partial charge in [-0.2, -0.15) is 0 Å². The van der Waals surface area contributed by atoms with E-state index in [1.807, 2.05) is 0 Å². The van der Waals surface area contributed by atoms with Gasteiger partial charge in [0.25, 0.3) is 0 Å². The molecule has 0 radical (unpaired) electrons. The Hall–Kier alpha value is -1.25. The summed E-state index contributed by atoms with van der Waals surface area (Å²) >= 11 is 11.8. The third kappa shape index (κ3) is 2.90. The number of para-hydroxylation sites is 1. The first-order valence-corrected chi connectivity index (χ1v) is 5.74. The Bertz CT molecular complexity index is 508. The number of ether oxygens (including phenoxy) is 1. The summed E-state index contributed by atoms with van der Waals surface area (Å²) in [4.78, 5) is 0. The molecule has 0 spiro atoms. The highest BCUT2D eigenvalue weighted by Gasteiger charge is 2.08. The van der Waals surface area contributed by atoms with Gasteiger partial charge in [-0.15, -0.1) is 0 Å². The minimum absolute atomic E-state index is 0.0508. The van der Waals surface area contributed by atoms with Crippen molar-refractivity contribution in [3.8, 4) is 5.75 Å². The summed E-state index contributed by atoms with van der Waals surface area (Å²) in [6, 6.07) is 11.5. The third-order valence-corrected chi connectivity index (χ3v) is 2.94. The Balaban J connectivity index is 2.16. The van der Waals surface area contributed by atoms with Gasteiger partial charge in [-0.05, 0) is 24.3 Å². The lowest BCUT2D eigenvalue weighted by Gasteiger charge is -2.09. The van der Waals surface area contributed by atoms with Crippen molar-refractivity contribution in [2.45, 2.75) is 6.61 Å². The van der Waals surface area contributed by atoms with Crippen LogP contribution in [0.2, 0.25) is 10.0 Å². The minimum Gasteiger partial charge on any atom is -0.487 e. The summed E-state index contributed by atoms with van der Waals surface area (Å²) in [5.74, 6) is 0.123. The summed E-state index contributed by atoms with van der Waals surface area (Å²) in [6.07, 6.45) is 0. The summed E-state index contributed by atoms with van der Waals surface area (Å²) < 4.78 is 18.9. The van der Waals surface area contributed by atoms with Gasteiger partial charge in [-0.3, -0.25) is 0 Å². The van der Waals surface area contributed by atoms with Crippen LogP contribution in [-0.4, -0.2) is 0 Å². The Labute approximate surface area is 109 Å². The maximum absolute atomic E-state index is 13.5. The highest BCUT2D eigenvalue weighted by atomic mass is 35.5. The van der Waals surface area contributed by atoms with Crippen LogP contribution in [0.15, 0.2) is 42.5 Å². The van der Waals surface area contributed by atoms with Crippen LogP contribution in [0.25, 0.3) is 0 Å². The lowest BCUT2D eigenvalue weighted by Crippen LogP contribution is -1.99. The van der Waals surface area contributed by atoms with E-state index in [4.69, 9.17) is 27.9 Å². The maximum atomic E-state index is 13.5. The summed E-state index contributed by atoms with van der Waals surface area (Å²) in [5.41, 5.74) is 0.328. The highest BCUT2D eigenvalue weighted by molar-refractivity contribution is 6.32. The second-order valence-electron chi connectivity index (χ2n) is 3.42. The first-order chi connectivity index (χ1) is 8.18. The molecule has 0 fully saturated rings. The molecule has 2 aromatic carbocycles. The molecule has 2 rings (SSSR count). The summed E-state index contributed by atoms with van der Waals surface area (Å²) in [7, 11) is 0. The van der Waals surface area contributed by atoms with E-state index in [9.17, 15) is 4.39 Å². The fourth-order valence-corrected chi connectivity index (χ4v) is 1.79. The molecule has 17 heavy (non-hydrogen) atoms. The predicted octanol–water partition coefficient (Wildman–Crippen LogP) is 4.71.